The number of hydrogen-bond acceptors (Lipinski definition) is 3. The number of hydrogen-bond donors (Lipinski definition) is 2. The van der Waals surface area contributed by atoms with E-state index in [0.717, 1.165) is 25.0 Å². The van der Waals surface area contributed by atoms with Crippen LogP contribution in [0.4, 0.5) is 5.69 Å². The maximum atomic E-state index is 12.3. The quantitative estimate of drug-likeness (QED) is 0.887. The van der Waals surface area contributed by atoms with Crippen molar-refractivity contribution in [1.82, 2.24) is 10.3 Å². The van der Waals surface area contributed by atoms with Crippen LogP contribution in [0.2, 0.25) is 0 Å². The number of carbonyl (C=O) groups is 1. The monoisotopic (exact) mass is 281 g/mol. The van der Waals surface area contributed by atoms with Crippen LogP contribution in [0.3, 0.4) is 0 Å². The van der Waals surface area contributed by atoms with Gasteiger partial charge in [0.2, 0.25) is 0 Å². The first-order valence-electron chi connectivity index (χ1n) is 7.23. The van der Waals surface area contributed by atoms with Crippen LogP contribution in [0.5, 0.6) is 0 Å². The van der Waals surface area contributed by atoms with E-state index in [4.69, 9.17) is 5.73 Å². The zero-order valence-corrected chi connectivity index (χ0v) is 12.1. The molecule has 1 aromatic carbocycles. The number of benzene rings is 1. The molecule has 1 aromatic heterocycles. The molecule has 3 N–H and O–H groups in total. The lowest BCUT2D eigenvalue weighted by molar-refractivity contribution is 0.0934. The molecule has 2 aromatic rings. The molecule has 4 heteroatoms. The molecule has 1 heterocycles. The molecule has 0 aliphatic heterocycles. The summed E-state index contributed by atoms with van der Waals surface area (Å²) in [6.07, 6.45) is 4.39. The molecule has 1 amide bonds. The van der Waals surface area contributed by atoms with Crippen molar-refractivity contribution >= 4 is 11.6 Å². The van der Waals surface area contributed by atoms with E-state index in [2.05, 4.69) is 28.5 Å². The second-order valence-electron chi connectivity index (χ2n) is 5.59. The van der Waals surface area contributed by atoms with Crippen LogP contribution < -0.4 is 11.1 Å². The van der Waals surface area contributed by atoms with Crippen LogP contribution in [-0.4, -0.2) is 16.9 Å². The normalized spacial score (nSPS) is 17.1. The molecule has 1 aliphatic rings. The third kappa shape index (κ3) is 2.89. The van der Waals surface area contributed by atoms with E-state index in [1.54, 1.807) is 12.3 Å². The summed E-state index contributed by atoms with van der Waals surface area (Å²) in [5.74, 6) is -0.135. The summed E-state index contributed by atoms with van der Waals surface area (Å²) in [6.45, 7) is 1.86. The van der Waals surface area contributed by atoms with Gasteiger partial charge in [0.05, 0.1) is 5.56 Å². The van der Waals surface area contributed by atoms with Gasteiger partial charge in [-0.05, 0) is 43.4 Å². The molecular formula is C17H19N3O. The third-order valence-corrected chi connectivity index (χ3v) is 4.00. The molecule has 108 valence electrons. The Bertz CT molecular complexity index is 681. The fourth-order valence-electron chi connectivity index (χ4n) is 2.85. The molecule has 0 saturated carbocycles. The van der Waals surface area contributed by atoms with E-state index in [1.165, 1.54) is 11.1 Å². The SMILES string of the molecule is Cc1cc(N)c(C(=O)NC2CCc3ccccc3C2)cn1. The fraction of sp³-hybridized carbons (Fsp3) is 0.294. The van der Waals surface area contributed by atoms with Gasteiger partial charge < -0.3 is 11.1 Å². The highest BCUT2D eigenvalue weighted by atomic mass is 16.1. The number of aromatic nitrogens is 1. The van der Waals surface area contributed by atoms with E-state index < -0.39 is 0 Å². The number of nitrogens with one attached hydrogen (secondary N) is 1. The third-order valence-electron chi connectivity index (χ3n) is 4.00. The van der Waals surface area contributed by atoms with Gasteiger partial charge >= 0.3 is 0 Å². The van der Waals surface area contributed by atoms with Crippen LogP contribution >= 0.6 is 0 Å². The van der Waals surface area contributed by atoms with Gasteiger partial charge in [0.15, 0.2) is 0 Å². The molecule has 0 bridgehead atoms. The largest absolute Gasteiger partial charge is 0.398 e. The lowest BCUT2D eigenvalue weighted by Gasteiger charge is -2.25. The van der Waals surface area contributed by atoms with Crippen molar-refractivity contribution in [2.45, 2.75) is 32.2 Å². The number of nitrogen functional groups attached to an aromatic ring is 1. The number of nitrogens with two attached hydrogens (primary N) is 1. The van der Waals surface area contributed by atoms with Crippen LogP contribution in [0.1, 0.15) is 33.6 Å². The molecule has 4 nitrogen and oxygen atoms in total. The van der Waals surface area contributed by atoms with Crippen LogP contribution in [0, 0.1) is 6.92 Å². The molecule has 0 saturated heterocycles. The number of carbonyl (C=O) groups excluding carboxylic acids is 1. The van der Waals surface area contributed by atoms with E-state index in [9.17, 15) is 4.79 Å². The number of nitrogens with zero attached hydrogens (tertiary/aromatic N) is 1. The Labute approximate surface area is 124 Å². The van der Waals surface area contributed by atoms with Crippen LogP contribution in [-0.2, 0) is 12.8 Å². The Kier molecular flexibility index (Phi) is 3.60. The maximum absolute atomic E-state index is 12.3. The molecule has 0 fully saturated rings. The number of rotatable bonds is 2. The highest BCUT2D eigenvalue weighted by molar-refractivity contribution is 5.99. The fourth-order valence-corrected chi connectivity index (χ4v) is 2.85. The van der Waals surface area contributed by atoms with Gasteiger partial charge in [-0.1, -0.05) is 24.3 Å². The topological polar surface area (TPSA) is 68.0 Å². The van der Waals surface area contributed by atoms with E-state index in [-0.39, 0.29) is 11.9 Å². The summed E-state index contributed by atoms with van der Waals surface area (Å²) in [4.78, 5) is 16.5. The average molecular weight is 281 g/mol. The average Bonchev–Trinajstić information content (AvgIpc) is 2.47. The molecule has 1 atom stereocenters. The van der Waals surface area contributed by atoms with E-state index in [1.807, 2.05) is 13.0 Å². The van der Waals surface area contributed by atoms with E-state index in [0.29, 0.717) is 11.3 Å². The summed E-state index contributed by atoms with van der Waals surface area (Å²) >= 11 is 0. The maximum Gasteiger partial charge on any atom is 0.255 e. The zero-order valence-electron chi connectivity index (χ0n) is 12.1. The van der Waals surface area contributed by atoms with Crippen molar-refractivity contribution in [2.24, 2.45) is 0 Å². The number of fused-ring (bicyclic) bond motifs is 1. The molecule has 0 spiro atoms. The van der Waals surface area contributed by atoms with Crippen molar-refractivity contribution in [3.63, 3.8) is 0 Å². The van der Waals surface area contributed by atoms with Gasteiger partial charge in [0.25, 0.3) is 5.91 Å². The highest BCUT2D eigenvalue weighted by Crippen LogP contribution is 2.21. The van der Waals surface area contributed by atoms with Crippen LogP contribution in [0.25, 0.3) is 0 Å². The van der Waals surface area contributed by atoms with Crippen molar-refractivity contribution < 1.29 is 4.79 Å². The standard InChI is InChI=1S/C17H19N3O/c1-11-8-16(18)15(10-19-11)17(21)20-14-7-6-12-4-2-3-5-13(12)9-14/h2-5,8,10,14H,6-7,9H2,1H3,(H2,18,19)(H,20,21). The van der Waals surface area contributed by atoms with Gasteiger partial charge in [-0.2, -0.15) is 0 Å². The number of aryl methyl sites for hydroxylation is 2. The van der Waals surface area contributed by atoms with Crippen LogP contribution in [0.15, 0.2) is 36.5 Å². The highest BCUT2D eigenvalue weighted by Gasteiger charge is 2.21. The molecule has 1 aliphatic carbocycles. The molecule has 1 unspecified atom stereocenters. The Morgan fingerprint density at radius 2 is 2.10 bits per heavy atom. The molecular weight excluding hydrogens is 262 g/mol. The van der Waals surface area contributed by atoms with Crippen molar-refractivity contribution in [1.29, 1.82) is 0 Å². The minimum atomic E-state index is -0.135. The van der Waals surface area contributed by atoms with Gasteiger partial charge in [0, 0.05) is 23.6 Å². The number of anilines is 1. The predicted molar refractivity (Wildman–Crippen MR) is 83.1 cm³/mol. The van der Waals surface area contributed by atoms with Gasteiger partial charge in [-0.25, -0.2) is 0 Å². The van der Waals surface area contributed by atoms with Crippen molar-refractivity contribution in [3.05, 3.63) is 58.9 Å². The summed E-state index contributed by atoms with van der Waals surface area (Å²) < 4.78 is 0. The Morgan fingerprint density at radius 3 is 2.86 bits per heavy atom. The molecule has 21 heavy (non-hydrogen) atoms. The smallest absolute Gasteiger partial charge is 0.255 e. The Balaban J connectivity index is 1.71. The lowest BCUT2D eigenvalue weighted by atomic mass is 9.88. The van der Waals surface area contributed by atoms with Gasteiger partial charge in [-0.15, -0.1) is 0 Å². The summed E-state index contributed by atoms with van der Waals surface area (Å²) in [5.41, 5.74) is 10.4. The second-order valence-corrected chi connectivity index (χ2v) is 5.59. The van der Waals surface area contributed by atoms with Gasteiger partial charge in [0.1, 0.15) is 0 Å². The predicted octanol–water partition coefficient (Wildman–Crippen LogP) is 2.26. The molecule has 0 radical (unpaired) electrons. The Hall–Kier alpha value is -2.36. The number of pyridine rings is 1. The zero-order chi connectivity index (χ0) is 14.8. The summed E-state index contributed by atoms with van der Waals surface area (Å²) in [6, 6.07) is 10.3. The summed E-state index contributed by atoms with van der Waals surface area (Å²) in [5, 5.41) is 3.08. The first kappa shape index (κ1) is 13.6. The molecule has 3 rings (SSSR count). The van der Waals surface area contributed by atoms with Crippen molar-refractivity contribution in [2.75, 3.05) is 5.73 Å². The first-order chi connectivity index (χ1) is 10.1. The minimum absolute atomic E-state index is 0.135. The number of amides is 1. The van der Waals surface area contributed by atoms with Gasteiger partial charge in [-0.3, -0.25) is 9.78 Å². The second kappa shape index (κ2) is 5.56. The Morgan fingerprint density at radius 1 is 1.33 bits per heavy atom. The van der Waals surface area contributed by atoms with Crippen molar-refractivity contribution in [3.8, 4) is 0 Å². The summed E-state index contributed by atoms with van der Waals surface area (Å²) in [7, 11) is 0. The lowest BCUT2D eigenvalue weighted by Crippen LogP contribution is -2.39. The first-order valence-corrected chi connectivity index (χ1v) is 7.23. The van der Waals surface area contributed by atoms with E-state index >= 15 is 0 Å². The minimum Gasteiger partial charge on any atom is -0.398 e.